The summed E-state index contributed by atoms with van der Waals surface area (Å²) in [4.78, 5) is 25.4. The first-order chi connectivity index (χ1) is 13.7. The maximum atomic E-state index is 13.1. The van der Waals surface area contributed by atoms with E-state index >= 15 is 0 Å². The molecule has 0 saturated heterocycles. The van der Waals surface area contributed by atoms with Crippen LogP contribution in [0.5, 0.6) is 0 Å². The summed E-state index contributed by atoms with van der Waals surface area (Å²) in [6.07, 6.45) is 2.10. The molecule has 0 aliphatic heterocycles. The van der Waals surface area contributed by atoms with Crippen LogP contribution in [-0.2, 0) is 19.4 Å². The standard InChI is InChI=1S/C20H27N3O5S/c1-15-7-9-16(10-8-15)29(26,27)18(17-6-4-13-28-17)14-22-20(25)19(24)21-11-5-12-23(2)3/h4,6-10,13,18H,5,11-12,14H2,1-3H3,(H,21,24)(H,22,25)/p+1/t18-/m0/s1. The first-order valence-corrected chi connectivity index (χ1v) is 11.0. The lowest BCUT2D eigenvalue weighted by atomic mass is 10.2. The van der Waals surface area contributed by atoms with E-state index in [-0.39, 0.29) is 17.2 Å². The Hall–Kier alpha value is -2.65. The van der Waals surface area contributed by atoms with Crippen molar-refractivity contribution < 1.29 is 27.3 Å². The van der Waals surface area contributed by atoms with E-state index in [1.807, 2.05) is 21.0 Å². The van der Waals surface area contributed by atoms with Gasteiger partial charge in [-0.2, -0.15) is 0 Å². The van der Waals surface area contributed by atoms with Crippen LogP contribution in [0.4, 0.5) is 0 Å². The molecule has 0 aliphatic carbocycles. The van der Waals surface area contributed by atoms with Crippen LogP contribution in [0.15, 0.2) is 52.0 Å². The largest absolute Gasteiger partial charge is 0.468 e. The van der Waals surface area contributed by atoms with Gasteiger partial charge < -0.3 is 20.0 Å². The first kappa shape index (κ1) is 22.6. The quantitative estimate of drug-likeness (QED) is 0.385. The number of carbonyl (C=O) groups is 2. The van der Waals surface area contributed by atoms with Crippen molar-refractivity contribution in [3.05, 3.63) is 54.0 Å². The molecule has 29 heavy (non-hydrogen) atoms. The highest BCUT2D eigenvalue weighted by Crippen LogP contribution is 2.29. The highest BCUT2D eigenvalue weighted by Gasteiger charge is 2.32. The summed E-state index contributed by atoms with van der Waals surface area (Å²) in [5.41, 5.74) is 0.930. The van der Waals surface area contributed by atoms with Gasteiger partial charge in [0.05, 0.1) is 31.8 Å². The van der Waals surface area contributed by atoms with Crippen LogP contribution < -0.4 is 15.5 Å². The van der Waals surface area contributed by atoms with E-state index in [0.29, 0.717) is 6.54 Å². The van der Waals surface area contributed by atoms with Crippen LogP contribution in [0, 0.1) is 6.92 Å². The summed E-state index contributed by atoms with van der Waals surface area (Å²) in [6, 6.07) is 9.55. The number of carbonyl (C=O) groups excluding carboxylic acids is 2. The molecule has 1 atom stereocenters. The van der Waals surface area contributed by atoms with Crippen molar-refractivity contribution in [2.24, 2.45) is 0 Å². The molecule has 0 bridgehead atoms. The second-order valence-corrected chi connectivity index (χ2v) is 9.27. The van der Waals surface area contributed by atoms with Crippen LogP contribution >= 0.6 is 0 Å². The van der Waals surface area contributed by atoms with E-state index in [2.05, 4.69) is 10.6 Å². The Morgan fingerprint density at radius 1 is 1.07 bits per heavy atom. The lowest BCUT2D eigenvalue weighted by molar-refractivity contribution is -0.858. The van der Waals surface area contributed by atoms with Crippen molar-refractivity contribution >= 4 is 21.7 Å². The molecule has 1 aromatic carbocycles. The average Bonchev–Trinajstić information content (AvgIpc) is 3.19. The van der Waals surface area contributed by atoms with Crippen molar-refractivity contribution in [3.8, 4) is 0 Å². The van der Waals surface area contributed by atoms with Gasteiger partial charge in [0.2, 0.25) is 0 Å². The monoisotopic (exact) mass is 422 g/mol. The third-order valence-electron chi connectivity index (χ3n) is 4.38. The average molecular weight is 423 g/mol. The van der Waals surface area contributed by atoms with E-state index in [4.69, 9.17) is 4.42 Å². The maximum Gasteiger partial charge on any atom is 0.309 e. The molecule has 3 N–H and O–H groups in total. The molecular formula is C20H28N3O5S+. The number of furan rings is 1. The maximum absolute atomic E-state index is 13.1. The Morgan fingerprint density at radius 3 is 2.31 bits per heavy atom. The van der Waals surface area contributed by atoms with E-state index in [1.54, 1.807) is 18.2 Å². The Labute approximate surface area is 171 Å². The summed E-state index contributed by atoms with van der Waals surface area (Å²) in [6.45, 7) is 2.81. The molecule has 0 aliphatic rings. The van der Waals surface area contributed by atoms with Crippen LogP contribution in [0.25, 0.3) is 0 Å². The second kappa shape index (κ2) is 10.2. The number of rotatable bonds is 9. The Bertz CT molecular complexity index is 906. The number of benzene rings is 1. The predicted molar refractivity (Wildman–Crippen MR) is 108 cm³/mol. The van der Waals surface area contributed by atoms with Gasteiger partial charge in [-0.05, 0) is 31.2 Å². The van der Waals surface area contributed by atoms with Gasteiger partial charge in [0.25, 0.3) is 0 Å². The van der Waals surface area contributed by atoms with Gasteiger partial charge in [-0.3, -0.25) is 9.59 Å². The Morgan fingerprint density at radius 2 is 1.72 bits per heavy atom. The van der Waals surface area contributed by atoms with Crippen molar-refractivity contribution in [2.75, 3.05) is 33.7 Å². The molecule has 0 fully saturated rings. The molecule has 0 unspecified atom stereocenters. The predicted octanol–water partition coefficient (Wildman–Crippen LogP) is -0.130. The lowest BCUT2D eigenvalue weighted by Crippen LogP contribution is -3.05. The molecule has 158 valence electrons. The molecule has 8 nitrogen and oxygen atoms in total. The minimum atomic E-state index is -3.84. The fraction of sp³-hybridized carbons (Fsp3) is 0.400. The van der Waals surface area contributed by atoms with E-state index in [0.717, 1.165) is 18.5 Å². The minimum absolute atomic E-state index is 0.120. The van der Waals surface area contributed by atoms with Crippen molar-refractivity contribution in [3.63, 3.8) is 0 Å². The van der Waals surface area contributed by atoms with Gasteiger partial charge in [-0.1, -0.05) is 17.7 Å². The first-order valence-electron chi connectivity index (χ1n) is 9.41. The van der Waals surface area contributed by atoms with Crippen LogP contribution in [0.1, 0.15) is 23.0 Å². The number of hydrogen-bond donors (Lipinski definition) is 3. The Balaban J connectivity index is 2.05. The molecular weight excluding hydrogens is 394 g/mol. The van der Waals surface area contributed by atoms with Crippen LogP contribution in [-0.4, -0.2) is 54.0 Å². The molecule has 1 heterocycles. The van der Waals surface area contributed by atoms with Gasteiger partial charge in [-0.25, -0.2) is 8.42 Å². The van der Waals surface area contributed by atoms with Crippen molar-refractivity contribution in [2.45, 2.75) is 23.5 Å². The fourth-order valence-corrected chi connectivity index (χ4v) is 4.31. The molecule has 2 rings (SSSR count). The normalized spacial score (nSPS) is 12.6. The minimum Gasteiger partial charge on any atom is -0.468 e. The second-order valence-electron chi connectivity index (χ2n) is 7.14. The highest BCUT2D eigenvalue weighted by atomic mass is 32.2. The molecule has 2 amide bonds. The third-order valence-corrected chi connectivity index (χ3v) is 6.46. The van der Waals surface area contributed by atoms with Crippen molar-refractivity contribution in [1.82, 2.24) is 10.6 Å². The molecule has 0 saturated carbocycles. The van der Waals surface area contributed by atoms with Gasteiger partial charge in [0, 0.05) is 19.5 Å². The van der Waals surface area contributed by atoms with Gasteiger partial charge in [-0.15, -0.1) is 0 Å². The zero-order chi connectivity index (χ0) is 21.4. The summed E-state index contributed by atoms with van der Waals surface area (Å²) in [5, 5.41) is 3.80. The van der Waals surface area contributed by atoms with Gasteiger partial charge in [0.1, 0.15) is 11.0 Å². The number of amides is 2. The fourth-order valence-electron chi connectivity index (χ4n) is 2.72. The molecule has 1 aromatic heterocycles. The molecule has 9 heteroatoms. The number of hydrogen-bond acceptors (Lipinski definition) is 5. The number of sulfone groups is 1. The summed E-state index contributed by atoms with van der Waals surface area (Å²) in [5.74, 6) is -1.47. The zero-order valence-electron chi connectivity index (χ0n) is 16.9. The van der Waals surface area contributed by atoms with Gasteiger partial charge >= 0.3 is 11.8 Å². The SMILES string of the molecule is Cc1ccc(S(=O)(=O)[C@@H](CNC(=O)C(=O)NCCC[NH+](C)C)c2ccco2)cc1. The number of quaternary nitrogens is 1. The van der Waals surface area contributed by atoms with E-state index in [1.165, 1.54) is 29.4 Å². The molecule has 0 spiro atoms. The molecule has 0 radical (unpaired) electrons. The summed E-state index contributed by atoms with van der Waals surface area (Å²) < 4.78 is 31.5. The van der Waals surface area contributed by atoms with Crippen molar-refractivity contribution in [1.29, 1.82) is 0 Å². The topological polar surface area (TPSA) is 110 Å². The number of aryl methyl sites for hydroxylation is 1. The summed E-state index contributed by atoms with van der Waals surface area (Å²) >= 11 is 0. The smallest absolute Gasteiger partial charge is 0.309 e. The van der Waals surface area contributed by atoms with E-state index < -0.39 is 26.9 Å². The van der Waals surface area contributed by atoms with Gasteiger partial charge in [0.15, 0.2) is 9.84 Å². The van der Waals surface area contributed by atoms with E-state index in [9.17, 15) is 18.0 Å². The lowest BCUT2D eigenvalue weighted by Gasteiger charge is -2.17. The summed E-state index contributed by atoms with van der Waals surface area (Å²) in [7, 11) is 0.160. The zero-order valence-corrected chi connectivity index (χ0v) is 17.7. The highest BCUT2D eigenvalue weighted by molar-refractivity contribution is 7.91. The van der Waals surface area contributed by atoms with Crippen LogP contribution in [0.3, 0.4) is 0 Å². The van der Waals surface area contributed by atoms with Crippen LogP contribution in [0.2, 0.25) is 0 Å². The number of nitrogens with one attached hydrogen (secondary N) is 3. The molecule has 2 aromatic rings. The Kier molecular flexibility index (Phi) is 7.98. The third kappa shape index (κ3) is 6.43.